The molecule has 7 rings (SSSR count). The lowest BCUT2D eigenvalue weighted by Crippen LogP contribution is -2.63. The molecule has 0 aliphatic carbocycles. The van der Waals surface area contributed by atoms with Crippen LogP contribution in [-0.4, -0.2) is 28.7 Å². The lowest BCUT2D eigenvalue weighted by atomic mass is 9.58. The van der Waals surface area contributed by atoms with E-state index in [-0.39, 0.29) is 17.6 Å². The summed E-state index contributed by atoms with van der Waals surface area (Å²) in [6, 6.07) is 33.3. The molecule has 5 aromatic rings. The van der Waals surface area contributed by atoms with Gasteiger partial charge in [-0.2, -0.15) is 0 Å². The number of fused-ring (bicyclic) bond motifs is 2. The molecule has 302 valence electrons. The fourth-order valence-electron chi connectivity index (χ4n) is 10.2. The van der Waals surface area contributed by atoms with Gasteiger partial charge in [0.15, 0.2) is 11.6 Å². The van der Waals surface area contributed by atoms with Gasteiger partial charge in [0.2, 0.25) is 0 Å². The van der Waals surface area contributed by atoms with Crippen LogP contribution in [0, 0.1) is 13.8 Å². The molecule has 2 aliphatic rings. The van der Waals surface area contributed by atoms with Crippen molar-refractivity contribution in [3.63, 3.8) is 0 Å². The molecule has 58 heavy (non-hydrogen) atoms. The Hall–Kier alpha value is -5.36. The minimum absolute atomic E-state index is 0.121. The Morgan fingerprint density at radius 1 is 0.793 bits per heavy atom. The first-order valence-electron chi connectivity index (χ1n) is 21.5. The third-order valence-electron chi connectivity index (χ3n) is 13.6. The number of likely N-dealkylation sites (N-methyl/N-ethyl adjacent to an activating group) is 1. The second-order valence-corrected chi connectivity index (χ2v) is 17.3. The van der Waals surface area contributed by atoms with Crippen LogP contribution in [0.5, 0.6) is 0 Å². The van der Waals surface area contributed by atoms with Crippen LogP contribution >= 0.6 is 0 Å². The van der Waals surface area contributed by atoms with Gasteiger partial charge in [-0.3, -0.25) is 0 Å². The molecule has 6 nitrogen and oxygen atoms in total. The number of rotatable bonds is 10. The summed E-state index contributed by atoms with van der Waals surface area (Å²) in [7, 11) is 2.18. The summed E-state index contributed by atoms with van der Waals surface area (Å²) in [6.07, 6.45) is 9.01. The molecule has 2 aliphatic heterocycles. The van der Waals surface area contributed by atoms with Gasteiger partial charge in [-0.05, 0) is 90.0 Å². The van der Waals surface area contributed by atoms with Gasteiger partial charge in [0.25, 0.3) is 0 Å². The number of aryl methyl sites for hydroxylation is 2. The molecule has 0 fully saturated rings. The van der Waals surface area contributed by atoms with Gasteiger partial charge < -0.3 is 20.0 Å². The van der Waals surface area contributed by atoms with E-state index in [4.69, 9.17) is 16.5 Å². The minimum atomic E-state index is -0.588. The van der Waals surface area contributed by atoms with Crippen molar-refractivity contribution in [2.45, 2.75) is 123 Å². The van der Waals surface area contributed by atoms with Crippen molar-refractivity contribution in [1.82, 2.24) is 15.3 Å². The number of hydrogen-bond acceptors (Lipinski definition) is 6. The maximum absolute atomic E-state index is 5.34. The van der Waals surface area contributed by atoms with Crippen molar-refractivity contribution in [2.75, 3.05) is 21.7 Å². The second kappa shape index (κ2) is 16.1. The summed E-state index contributed by atoms with van der Waals surface area (Å²) in [5.74, 6) is 2.36. The third kappa shape index (κ3) is 6.49. The molecule has 0 saturated carbocycles. The average molecular weight is 773 g/mol. The number of para-hydroxylation sites is 2. The fraction of sp³-hybridized carbons (Fsp3) is 0.385. The molecule has 0 radical (unpaired) electrons. The Labute approximate surface area is 348 Å². The highest BCUT2D eigenvalue weighted by atomic mass is 15.4. The van der Waals surface area contributed by atoms with Crippen LogP contribution in [-0.2, 0) is 5.41 Å². The van der Waals surface area contributed by atoms with E-state index in [9.17, 15) is 0 Å². The number of benzene rings is 4. The highest BCUT2D eigenvalue weighted by molar-refractivity contribution is 5.84. The Balaban J connectivity index is 1.46. The van der Waals surface area contributed by atoms with Gasteiger partial charge in [0.05, 0.1) is 17.8 Å². The van der Waals surface area contributed by atoms with E-state index in [2.05, 4.69) is 200 Å². The standard InChI is InChI=1S/C52H64N6/c1-13-44-42-26-19-20-29-43(42)51(11,14-2)52(15-3,54-31-32-57(44)47-39(34(4)5)27-22-28-40(47)35(6)7)38(10)50-56(12)49-46(58(50)45-30-21-17-24-37(45)9)33-53-48(55-49)41-25-18-16-23-36(41)8/h16-35,44,50,54H,10,13-15H2,1-9,11-12H3/b32-31-. The number of anilines is 4. The van der Waals surface area contributed by atoms with E-state index in [0.29, 0.717) is 11.8 Å². The van der Waals surface area contributed by atoms with E-state index in [0.717, 1.165) is 59.0 Å². The van der Waals surface area contributed by atoms with Crippen molar-refractivity contribution in [3.8, 4) is 11.4 Å². The summed E-state index contributed by atoms with van der Waals surface area (Å²) in [5, 5.41) is 4.19. The molecule has 3 heterocycles. The molecule has 1 N–H and O–H groups in total. The first-order chi connectivity index (χ1) is 27.8. The quantitative estimate of drug-likeness (QED) is 0.143. The van der Waals surface area contributed by atoms with E-state index >= 15 is 0 Å². The highest BCUT2D eigenvalue weighted by Crippen LogP contribution is 2.54. The van der Waals surface area contributed by atoms with Gasteiger partial charge in [0, 0.05) is 41.8 Å². The molecular formula is C52H64N6. The van der Waals surface area contributed by atoms with Crippen molar-refractivity contribution in [2.24, 2.45) is 0 Å². The monoisotopic (exact) mass is 773 g/mol. The molecule has 0 amide bonds. The van der Waals surface area contributed by atoms with Crippen LogP contribution in [0.25, 0.3) is 11.4 Å². The lowest BCUT2D eigenvalue weighted by Gasteiger charge is -2.53. The molecule has 1 aromatic heterocycles. The number of nitrogens with zero attached hydrogens (tertiary/aromatic N) is 5. The molecule has 6 heteroatoms. The first-order valence-corrected chi connectivity index (χ1v) is 21.5. The molecule has 4 aromatic carbocycles. The number of aromatic nitrogens is 2. The first kappa shape index (κ1) is 40.8. The second-order valence-electron chi connectivity index (χ2n) is 17.3. The van der Waals surface area contributed by atoms with Gasteiger partial charge >= 0.3 is 0 Å². The molecule has 4 atom stereocenters. The maximum Gasteiger partial charge on any atom is 0.161 e. The molecule has 0 bridgehead atoms. The van der Waals surface area contributed by atoms with Crippen molar-refractivity contribution in [1.29, 1.82) is 0 Å². The zero-order valence-corrected chi connectivity index (χ0v) is 36.8. The minimum Gasteiger partial charge on any atom is -0.380 e. The van der Waals surface area contributed by atoms with Crippen LogP contribution < -0.4 is 20.0 Å². The van der Waals surface area contributed by atoms with E-state index in [1.165, 1.54) is 33.5 Å². The summed E-state index contributed by atoms with van der Waals surface area (Å²) in [4.78, 5) is 17.7. The van der Waals surface area contributed by atoms with Gasteiger partial charge in [-0.1, -0.05) is 147 Å². The van der Waals surface area contributed by atoms with Crippen LogP contribution in [0.3, 0.4) is 0 Å². The van der Waals surface area contributed by atoms with Crippen LogP contribution in [0.4, 0.5) is 22.9 Å². The van der Waals surface area contributed by atoms with Gasteiger partial charge in [-0.15, -0.1) is 0 Å². The summed E-state index contributed by atoms with van der Waals surface area (Å²) in [5.41, 5.74) is 12.4. The SMILES string of the molecule is C=C(C1N(C)c2nc(-c3ccccc3C)ncc2N1c1ccccc1C)C1(CC)N/C=C\N(c2c(C(C)C)cccc2C(C)C)C(CC)c2ccccc2C1(C)CC. The largest absolute Gasteiger partial charge is 0.380 e. The van der Waals surface area contributed by atoms with Crippen LogP contribution in [0.2, 0.25) is 0 Å². The Bertz CT molecular complexity index is 2300. The van der Waals surface area contributed by atoms with E-state index in [1.54, 1.807) is 0 Å². The van der Waals surface area contributed by atoms with Gasteiger partial charge in [-0.25, -0.2) is 9.97 Å². The van der Waals surface area contributed by atoms with Crippen LogP contribution in [0.15, 0.2) is 122 Å². The number of hydrogen-bond donors (Lipinski definition) is 1. The molecule has 4 unspecified atom stereocenters. The Morgan fingerprint density at radius 3 is 2.05 bits per heavy atom. The third-order valence-corrected chi connectivity index (χ3v) is 13.6. The van der Waals surface area contributed by atoms with Crippen molar-refractivity contribution in [3.05, 3.63) is 155 Å². The summed E-state index contributed by atoms with van der Waals surface area (Å²) < 4.78 is 0. The van der Waals surface area contributed by atoms with Crippen LogP contribution in [0.1, 0.15) is 126 Å². The summed E-state index contributed by atoms with van der Waals surface area (Å²) >= 11 is 0. The Morgan fingerprint density at radius 2 is 1.43 bits per heavy atom. The normalized spacial score (nSPS) is 22.3. The predicted molar refractivity (Wildman–Crippen MR) is 246 cm³/mol. The number of nitrogens with one attached hydrogen (secondary N) is 1. The zero-order valence-electron chi connectivity index (χ0n) is 36.8. The highest BCUT2D eigenvalue weighted by Gasteiger charge is 2.55. The maximum atomic E-state index is 5.34. The molecule has 0 spiro atoms. The lowest BCUT2D eigenvalue weighted by molar-refractivity contribution is 0.214. The summed E-state index contributed by atoms with van der Waals surface area (Å²) in [6.45, 7) is 28.3. The zero-order chi connectivity index (χ0) is 41.5. The Kier molecular flexibility index (Phi) is 11.3. The van der Waals surface area contributed by atoms with Gasteiger partial charge in [0.1, 0.15) is 11.9 Å². The fourth-order valence-corrected chi connectivity index (χ4v) is 10.2. The molecular weight excluding hydrogens is 709 g/mol. The molecule has 0 saturated heterocycles. The predicted octanol–water partition coefficient (Wildman–Crippen LogP) is 13.0. The average Bonchev–Trinajstić information content (AvgIpc) is 3.53. The topological polar surface area (TPSA) is 47.5 Å². The van der Waals surface area contributed by atoms with Crippen molar-refractivity contribution >= 4 is 22.9 Å². The van der Waals surface area contributed by atoms with E-state index < -0.39 is 5.54 Å². The van der Waals surface area contributed by atoms with Crippen molar-refractivity contribution < 1.29 is 0 Å². The van der Waals surface area contributed by atoms with E-state index in [1.807, 2.05) is 6.20 Å². The smallest absolute Gasteiger partial charge is 0.161 e.